The van der Waals surface area contributed by atoms with Gasteiger partial charge in [0.2, 0.25) is 0 Å². The number of nitrogens with zero attached hydrogens (tertiary/aromatic N) is 4. The molecule has 1 aromatic heterocycles. The van der Waals surface area contributed by atoms with Crippen LogP contribution in [-0.4, -0.2) is 16.1 Å². The third kappa shape index (κ3) is 8.35. The van der Waals surface area contributed by atoms with Crippen LogP contribution in [0.1, 0.15) is 75.2 Å². The summed E-state index contributed by atoms with van der Waals surface area (Å²) in [5.41, 5.74) is 6.11. The molecule has 0 saturated heterocycles. The highest BCUT2D eigenvalue weighted by Gasteiger charge is 2.40. The second-order valence-electron chi connectivity index (χ2n) is 9.31. The van der Waals surface area contributed by atoms with Gasteiger partial charge in [0.25, 0.3) is 0 Å². The maximum absolute atomic E-state index is 5.35. The molecule has 1 aliphatic rings. The van der Waals surface area contributed by atoms with Crippen LogP contribution in [0.5, 0.6) is 0 Å². The zero-order valence-electron chi connectivity index (χ0n) is 28.3. The van der Waals surface area contributed by atoms with E-state index in [-0.39, 0.29) is 6.17 Å². The van der Waals surface area contributed by atoms with Crippen molar-refractivity contribution in [2.24, 2.45) is 0 Å². The topological polar surface area (TPSA) is 32.3 Å². The molecular formula is C40H52N4. The van der Waals surface area contributed by atoms with Gasteiger partial charge in [-0.2, -0.15) is 0 Å². The zero-order chi connectivity index (χ0) is 32.3. The summed E-state index contributed by atoms with van der Waals surface area (Å²) >= 11 is 0. The number of para-hydroxylation sites is 2. The number of aromatic nitrogens is 2. The molecule has 232 valence electrons. The van der Waals surface area contributed by atoms with E-state index in [4.69, 9.17) is 9.97 Å². The van der Waals surface area contributed by atoms with Crippen molar-refractivity contribution in [3.63, 3.8) is 0 Å². The van der Waals surface area contributed by atoms with Gasteiger partial charge in [0, 0.05) is 22.5 Å². The summed E-state index contributed by atoms with van der Waals surface area (Å²) in [6.07, 6.45) is 2.22. The Balaban J connectivity index is 0.000000685. The molecule has 6 rings (SSSR count). The molecule has 0 amide bonds. The Kier molecular flexibility index (Phi) is 16.0. The molecule has 4 nitrogen and oxygen atoms in total. The highest BCUT2D eigenvalue weighted by Crippen LogP contribution is 2.48. The third-order valence-corrected chi connectivity index (χ3v) is 6.44. The highest BCUT2D eigenvalue weighted by atomic mass is 15.5. The summed E-state index contributed by atoms with van der Waals surface area (Å²) in [5.74, 6) is 1.76. The molecule has 1 aliphatic heterocycles. The van der Waals surface area contributed by atoms with E-state index in [1.165, 1.54) is 6.42 Å². The van der Waals surface area contributed by atoms with Crippen LogP contribution in [0.15, 0.2) is 121 Å². The minimum atomic E-state index is 0.0597. The molecule has 0 aliphatic carbocycles. The molecule has 0 atom stereocenters. The van der Waals surface area contributed by atoms with E-state index in [1.54, 1.807) is 0 Å². The Bertz CT molecular complexity index is 1330. The average molecular weight is 589 g/mol. The Labute approximate surface area is 267 Å². The van der Waals surface area contributed by atoms with Crippen molar-refractivity contribution in [2.75, 3.05) is 9.80 Å². The lowest BCUT2D eigenvalue weighted by molar-refractivity contribution is 0.662. The van der Waals surface area contributed by atoms with Crippen LogP contribution in [0.4, 0.5) is 23.0 Å². The molecule has 2 heterocycles. The lowest BCUT2D eigenvalue weighted by Gasteiger charge is -2.31. The lowest BCUT2D eigenvalue weighted by Crippen LogP contribution is -2.37. The number of fused-ring (bicyclic) bond motifs is 1. The van der Waals surface area contributed by atoms with Crippen LogP contribution in [-0.2, 0) is 0 Å². The van der Waals surface area contributed by atoms with Crippen molar-refractivity contribution < 1.29 is 0 Å². The Hall–Kier alpha value is -4.44. The van der Waals surface area contributed by atoms with Crippen molar-refractivity contribution in [1.82, 2.24) is 9.97 Å². The monoisotopic (exact) mass is 588 g/mol. The fourth-order valence-corrected chi connectivity index (χ4v) is 4.86. The predicted molar refractivity (Wildman–Crippen MR) is 194 cm³/mol. The van der Waals surface area contributed by atoms with Gasteiger partial charge in [0.15, 0.2) is 11.6 Å². The maximum atomic E-state index is 5.35. The lowest BCUT2D eigenvalue weighted by atomic mass is 10.0. The Morgan fingerprint density at radius 1 is 0.455 bits per heavy atom. The number of hydrogen-bond donors (Lipinski definition) is 0. The summed E-state index contributed by atoms with van der Waals surface area (Å²) in [6.45, 7) is 18.5. The summed E-state index contributed by atoms with van der Waals surface area (Å²) in [5, 5.41) is 0. The first kappa shape index (κ1) is 35.8. The smallest absolute Gasteiger partial charge is 0.179 e. The van der Waals surface area contributed by atoms with Gasteiger partial charge in [-0.25, -0.2) is 9.97 Å². The molecule has 0 N–H and O–H groups in total. The van der Waals surface area contributed by atoms with Gasteiger partial charge in [-0.1, -0.05) is 166 Å². The number of hydrogen-bond acceptors (Lipinski definition) is 4. The second-order valence-corrected chi connectivity index (χ2v) is 9.31. The molecule has 0 bridgehead atoms. The first-order valence-electron chi connectivity index (χ1n) is 16.5. The number of rotatable bonds is 5. The van der Waals surface area contributed by atoms with Crippen LogP contribution < -0.4 is 9.80 Å². The van der Waals surface area contributed by atoms with Crippen molar-refractivity contribution >= 4 is 23.0 Å². The molecule has 4 aromatic carbocycles. The normalized spacial score (nSPS) is 11.3. The van der Waals surface area contributed by atoms with Crippen LogP contribution in [0, 0.1) is 0 Å². The minimum Gasteiger partial charge on any atom is -0.302 e. The van der Waals surface area contributed by atoms with Gasteiger partial charge in [0.05, 0.1) is 11.4 Å². The predicted octanol–water partition coefficient (Wildman–Crippen LogP) is 12.3. The van der Waals surface area contributed by atoms with E-state index in [0.29, 0.717) is 0 Å². The average Bonchev–Trinajstić information content (AvgIpc) is 3.45. The molecule has 0 unspecified atom stereocenters. The van der Waals surface area contributed by atoms with Crippen LogP contribution in [0.2, 0.25) is 0 Å². The first-order chi connectivity index (χ1) is 21.8. The largest absolute Gasteiger partial charge is 0.302 e. The van der Waals surface area contributed by atoms with Crippen molar-refractivity contribution in [3.05, 3.63) is 121 Å². The van der Waals surface area contributed by atoms with E-state index >= 15 is 0 Å². The molecule has 0 radical (unpaired) electrons. The summed E-state index contributed by atoms with van der Waals surface area (Å²) < 4.78 is 0. The first-order valence-corrected chi connectivity index (χ1v) is 16.5. The molecular weight excluding hydrogens is 536 g/mol. The highest BCUT2D eigenvalue weighted by molar-refractivity contribution is 5.89. The van der Waals surface area contributed by atoms with E-state index in [2.05, 4.69) is 140 Å². The van der Waals surface area contributed by atoms with Crippen LogP contribution >= 0.6 is 0 Å². The number of anilines is 4. The van der Waals surface area contributed by atoms with Crippen LogP contribution in [0.3, 0.4) is 0 Å². The molecule has 0 spiro atoms. The van der Waals surface area contributed by atoms with Gasteiger partial charge in [-0.3, -0.25) is 0 Å². The number of benzene rings is 4. The van der Waals surface area contributed by atoms with E-state index in [0.717, 1.165) is 51.9 Å². The van der Waals surface area contributed by atoms with E-state index in [1.807, 2.05) is 53.7 Å². The van der Waals surface area contributed by atoms with Gasteiger partial charge in [-0.15, -0.1) is 0 Å². The molecule has 0 saturated carbocycles. The fraction of sp³-hybridized carbons (Fsp3) is 0.300. The molecule has 0 fully saturated rings. The van der Waals surface area contributed by atoms with Crippen molar-refractivity contribution in [1.29, 1.82) is 0 Å². The van der Waals surface area contributed by atoms with Gasteiger partial charge in [0.1, 0.15) is 6.17 Å². The van der Waals surface area contributed by atoms with Gasteiger partial charge >= 0.3 is 0 Å². The fourth-order valence-electron chi connectivity index (χ4n) is 4.86. The summed E-state index contributed by atoms with van der Waals surface area (Å²) in [6, 6.07) is 41.7. The molecule has 5 aromatic rings. The van der Waals surface area contributed by atoms with Crippen molar-refractivity contribution in [2.45, 2.75) is 81.3 Å². The van der Waals surface area contributed by atoms with Gasteiger partial charge in [-0.05, 0) is 30.7 Å². The zero-order valence-corrected chi connectivity index (χ0v) is 28.3. The van der Waals surface area contributed by atoms with E-state index < -0.39 is 0 Å². The quantitative estimate of drug-likeness (QED) is 0.204. The summed E-state index contributed by atoms with van der Waals surface area (Å²) in [7, 11) is 0. The SMILES string of the molecule is CC.CC.CC.CCC.CCC1N(c2ccccc2)c2nc(-c3ccccc3)c(-c3ccccc3)nc2N1c1ccccc1. The summed E-state index contributed by atoms with van der Waals surface area (Å²) in [4.78, 5) is 15.4. The Morgan fingerprint density at radius 3 is 1.00 bits per heavy atom. The van der Waals surface area contributed by atoms with Crippen molar-refractivity contribution in [3.8, 4) is 22.5 Å². The van der Waals surface area contributed by atoms with Gasteiger partial charge < -0.3 is 9.80 Å². The minimum absolute atomic E-state index is 0.0597. The second kappa shape index (κ2) is 19.7. The Morgan fingerprint density at radius 2 is 0.727 bits per heavy atom. The maximum Gasteiger partial charge on any atom is 0.179 e. The molecule has 4 heteroatoms. The third-order valence-electron chi connectivity index (χ3n) is 6.44. The molecule has 44 heavy (non-hydrogen) atoms. The van der Waals surface area contributed by atoms with E-state index in [9.17, 15) is 0 Å². The standard InChI is InChI=1S/C31H26N4.C3H8.3C2H6/c1-2-27-34(25-19-11-5-12-20-25)30-31(35(27)26-21-13-6-14-22-26)33-29(24-17-9-4-10-18-24)28(32-30)23-15-7-3-8-16-23;1-3-2;3*1-2/h3-22,27H,2H2,1H3;3H2,1-2H3;3*1-2H3. The van der Waals surface area contributed by atoms with Crippen LogP contribution in [0.25, 0.3) is 22.5 Å².